The van der Waals surface area contributed by atoms with E-state index in [-0.39, 0.29) is 4.90 Å². The Bertz CT molecular complexity index is 1220. The zero-order valence-electron chi connectivity index (χ0n) is 16.2. The number of aromatic nitrogens is 2. The Kier molecular flexibility index (Phi) is 5.36. The van der Waals surface area contributed by atoms with Gasteiger partial charge >= 0.3 is 0 Å². The lowest BCUT2D eigenvalue weighted by Gasteiger charge is -2.08. The van der Waals surface area contributed by atoms with E-state index in [1.807, 2.05) is 30.3 Å². The van der Waals surface area contributed by atoms with E-state index in [9.17, 15) is 8.42 Å². The Morgan fingerprint density at radius 2 is 1.72 bits per heavy atom. The second-order valence-electron chi connectivity index (χ2n) is 7.06. The van der Waals surface area contributed by atoms with E-state index < -0.39 is 10.0 Å². The van der Waals surface area contributed by atoms with Crippen LogP contribution in [-0.2, 0) is 23.0 Å². The fourth-order valence-electron chi connectivity index (χ4n) is 3.45. The molecule has 0 bridgehead atoms. The van der Waals surface area contributed by atoms with Gasteiger partial charge in [-0.3, -0.25) is 9.40 Å². The monoisotopic (exact) mass is 405 g/mol. The maximum absolute atomic E-state index is 12.7. The van der Waals surface area contributed by atoms with Crippen molar-refractivity contribution in [1.29, 1.82) is 0 Å². The van der Waals surface area contributed by atoms with Gasteiger partial charge in [0.15, 0.2) is 0 Å². The molecule has 1 aromatic heterocycles. The fourth-order valence-corrected chi connectivity index (χ4v) is 4.47. The minimum absolute atomic E-state index is 0.249. The van der Waals surface area contributed by atoms with Crippen LogP contribution >= 0.6 is 0 Å². The fraction of sp³-hybridized carbons (Fsp3) is 0.174. The predicted molar refractivity (Wildman–Crippen MR) is 117 cm³/mol. The van der Waals surface area contributed by atoms with Crippen molar-refractivity contribution < 1.29 is 8.42 Å². The first-order valence-corrected chi connectivity index (χ1v) is 11.1. The summed E-state index contributed by atoms with van der Waals surface area (Å²) in [6.07, 6.45) is 5.22. The van der Waals surface area contributed by atoms with Crippen molar-refractivity contribution >= 4 is 26.5 Å². The van der Waals surface area contributed by atoms with Crippen LogP contribution in [0.1, 0.15) is 24.5 Å². The summed E-state index contributed by atoms with van der Waals surface area (Å²) in [6, 6.07) is 21.4. The number of anilines is 1. The molecule has 0 amide bonds. The summed E-state index contributed by atoms with van der Waals surface area (Å²) in [5, 5.41) is 6.66. The van der Waals surface area contributed by atoms with E-state index in [4.69, 9.17) is 0 Å². The molecule has 4 aromatic rings. The molecule has 0 aliphatic carbocycles. The molecule has 0 aliphatic rings. The third kappa shape index (κ3) is 4.32. The average Bonchev–Trinajstić information content (AvgIpc) is 3.15. The summed E-state index contributed by atoms with van der Waals surface area (Å²) < 4.78 is 29.7. The van der Waals surface area contributed by atoms with Gasteiger partial charge in [0, 0.05) is 6.20 Å². The Labute approximate surface area is 171 Å². The lowest BCUT2D eigenvalue weighted by molar-refractivity contribution is 0.601. The highest BCUT2D eigenvalue weighted by Crippen LogP contribution is 2.21. The molecule has 0 saturated carbocycles. The topological polar surface area (TPSA) is 64.0 Å². The number of hydrogen-bond donors (Lipinski definition) is 1. The van der Waals surface area contributed by atoms with Gasteiger partial charge in [0.2, 0.25) is 0 Å². The number of aryl methyl sites for hydroxylation is 1. The molecular formula is C23H23N3O2S. The smallest absolute Gasteiger partial charge is 0.261 e. The third-order valence-corrected chi connectivity index (χ3v) is 6.27. The van der Waals surface area contributed by atoms with Gasteiger partial charge < -0.3 is 0 Å². The van der Waals surface area contributed by atoms with Gasteiger partial charge in [-0.25, -0.2) is 8.42 Å². The summed E-state index contributed by atoms with van der Waals surface area (Å²) in [5.74, 6) is 0. The van der Waals surface area contributed by atoms with Gasteiger partial charge in [-0.1, -0.05) is 67.9 Å². The first-order valence-electron chi connectivity index (χ1n) is 9.66. The third-order valence-electron chi connectivity index (χ3n) is 4.87. The van der Waals surface area contributed by atoms with Crippen molar-refractivity contribution in [2.75, 3.05) is 4.72 Å². The number of fused-ring (bicyclic) bond motifs is 1. The van der Waals surface area contributed by atoms with Crippen LogP contribution in [0.25, 0.3) is 10.8 Å². The van der Waals surface area contributed by atoms with Crippen LogP contribution in [0.4, 0.5) is 5.69 Å². The van der Waals surface area contributed by atoms with Crippen LogP contribution < -0.4 is 4.72 Å². The van der Waals surface area contributed by atoms with Crippen molar-refractivity contribution in [3.8, 4) is 0 Å². The molecule has 1 heterocycles. The number of nitrogens with zero attached hydrogens (tertiary/aromatic N) is 2. The average molecular weight is 406 g/mol. The highest BCUT2D eigenvalue weighted by atomic mass is 32.2. The van der Waals surface area contributed by atoms with Crippen LogP contribution in [0, 0.1) is 0 Å². The van der Waals surface area contributed by atoms with Crippen molar-refractivity contribution in [3.63, 3.8) is 0 Å². The van der Waals surface area contributed by atoms with E-state index in [2.05, 4.69) is 41.0 Å². The van der Waals surface area contributed by atoms with Crippen LogP contribution in [0.3, 0.4) is 0 Å². The number of benzene rings is 3. The van der Waals surface area contributed by atoms with Gasteiger partial charge in [-0.05, 0) is 40.5 Å². The van der Waals surface area contributed by atoms with Gasteiger partial charge in [0.1, 0.15) is 0 Å². The zero-order valence-corrected chi connectivity index (χ0v) is 17.1. The molecule has 29 heavy (non-hydrogen) atoms. The van der Waals surface area contributed by atoms with Gasteiger partial charge in [-0.15, -0.1) is 0 Å². The van der Waals surface area contributed by atoms with E-state index in [1.54, 1.807) is 23.0 Å². The lowest BCUT2D eigenvalue weighted by Crippen LogP contribution is -2.12. The molecule has 0 unspecified atom stereocenters. The minimum atomic E-state index is -3.64. The molecule has 6 heteroatoms. The first-order chi connectivity index (χ1) is 14.0. The molecule has 0 radical (unpaired) electrons. The summed E-state index contributed by atoms with van der Waals surface area (Å²) in [7, 11) is -3.64. The molecule has 3 aromatic carbocycles. The van der Waals surface area contributed by atoms with Crippen LogP contribution in [-0.4, -0.2) is 18.2 Å². The summed E-state index contributed by atoms with van der Waals surface area (Å²) in [4.78, 5) is 0.249. The van der Waals surface area contributed by atoms with E-state index in [0.717, 1.165) is 24.0 Å². The molecule has 0 spiro atoms. The van der Waals surface area contributed by atoms with E-state index >= 15 is 0 Å². The lowest BCUT2D eigenvalue weighted by atomic mass is 10.0. The van der Waals surface area contributed by atoms with Gasteiger partial charge in [-0.2, -0.15) is 5.10 Å². The summed E-state index contributed by atoms with van der Waals surface area (Å²) >= 11 is 0. The molecule has 5 nitrogen and oxygen atoms in total. The molecule has 0 atom stereocenters. The highest BCUT2D eigenvalue weighted by molar-refractivity contribution is 7.92. The van der Waals surface area contributed by atoms with Crippen molar-refractivity contribution in [2.45, 2.75) is 31.2 Å². The maximum atomic E-state index is 12.7. The molecule has 148 valence electrons. The number of hydrogen-bond acceptors (Lipinski definition) is 3. The molecule has 4 rings (SSSR count). The summed E-state index contributed by atoms with van der Waals surface area (Å²) in [5.41, 5.74) is 2.71. The second kappa shape index (κ2) is 8.09. The van der Waals surface area contributed by atoms with Crippen LogP contribution in [0.5, 0.6) is 0 Å². The van der Waals surface area contributed by atoms with Crippen LogP contribution in [0.2, 0.25) is 0 Å². The van der Waals surface area contributed by atoms with E-state index in [1.165, 1.54) is 17.0 Å². The standard InChI is InChI=1S/C23H23N3O2S/c1-2-6-18-11-13-22(14-12-18)29(27,28)25-21-15-24-26(17-21)16-20-9-5-8-19-7-3-4-10-23(19)20/h3-5,7-15,17,25H,2,6,16H2,1H3. The zero-order chi connectivity index (χ0) is 20.3. The predicted octanol–water partition coefficient (Wildman–Crippen LogP) is 4.84. The van der Waals surface area contributed by atoms with Crippen LogP contribution in [0.15, 0.2) is 84.0 Å². The molecule has 0 aliphatic heterocycles. The Balaban J connectivity index is 1.51. The Morgan fingerprint density at radius 3 is 2.52 bits per heavy atom. The minimum Gasteiger partial charge on any atom is -0.276 e. The first kappa shape index (κ1) is 19.2. The maximum Gasteiger partial charge on any atom is 0.261 e. The largest absolute Gasteiger partial charge is 0.276 e. The van der Waals surface area contributed by atoms with Crippen molar-refractivity contribution in [2.24, 2.45) is 0 Å². The number of sulfonamides is 1. The SMILES string of the molecule is CCCc1ccc(S(=O)(=O)Nc2cnn(Cc3cccc4ccccc34)c2)cc1. The number of nitrogens with one attached hydrogen (secondary N) is 1. The quantitative estimate of drug-likeness (QED) is 0.479. The molecule has 1 N–H and O–H groups in total. The van der Waals surface area contributed by atoms with E-state index in [0.29, 0.717) is 12.2 Å². The number of rotatable bonds is 7. The molecule has 0 saturated heterocycles. The highest BCUT2D eigenvalue weighted by Gasteiger charge is 2.15. The van der Waals surface area contributed by atoms with Gasteiger partial charge in [0.25, 0.3) is 10.0 Å². The normalized spacial score (nSPS) is 11.6. The summed E-state index contributed by atoms with van der Waals surface area (Å²) in [6.45, 7) is 2.66. The second-order valence-corrected chi connectivity index (χ2v) is 8.75. The van der Waals surface area contributed by atoms with Crippen molar-refractivity contribution in [3.05, 3.63) is 90.3 Å². The Hall–Kier alpha value is -3.12. The molecular weight excluding hydrogens is 382 g/mol. The van der Waals surface area contributed by atoms with Gasteiger partial charge in [0.05, 0.1) is 23.3 Å². The Morgan fingerprint density at radius 1 is 0.966 bits per heavy atom. The van der Waals surface area contributed by atoms with Crippen molar-refractivity contribution in [1.82, 2.24) is 9.78 Å². The molecule has 0 fully saturated rings.